The first-order chi connectivity index (χ1) is 8.49. The summed E-state index contributed by atoms with van der Waals surface area (Å²) in [5, 5.41) is 10.7. The average Bonchev–Trinajstić information content (AvgIpc) is 2.88. The molecule has 0 radical (unpaired) electrons. The lowest BCUT2D eigenvalue weighted by atomic mass is 9.93. The van der Waals surface area contributed by atoms with Gasteiger partial charge in [-0.2, -0.15) is 5.10 Å². The predicted octanol–water partition coefficient (Wildman–Crippen LogP) is 2.40. The van der Waals surface area contributed by atoms with Crippen LogP contribution in [0.3, 0.4) is 0 Å². The third-order valence-electron chi connectivity index (χ3n) is 2.69. The Morgan fingerprint density at radius 3 is 2.78 bits per heavy atom. The van der Waals surface area contributed by atoms with Gasteiger partial charge in [0.05, 0.1) is 18.4 Å². The van der Waals surface area contributed by atoms with Gasteiger partial charge in [0.2, 0.25) is 0 Å². The first-order valence-corrected chi connectivity index (χ1v) is 6.98. The van der Waals surface area contributed by atoms with E-state index in [0.29, 0.717) is 0 Å². The highest BCUT2D eigenvalue weighted by Crippen LogP contribution is 2.24. The van der Waals surface area contributed by atoms with Gasteiger partial charge in [-0.05, 0) is 7.05 Å². The quantitative estimate of drug-likeness (QED) is 0.922. The van der Waals surface area contributed by atoms with Crippen LogP contribution in [0.2, 0.25) is 0 Å². The fourth-order valence-corrected chi connectivity index (χ4v) is 2.67. The Hall–Kier alpha value is -1.20. The molecule has 98 valence electrons. The number of hydrogen-bond donors (Lipinski definition) is 1. The van der Waals surface area contributed by atoms with Gasteiger partial charge in [-0.3, -0.25) is 4.68 Å². The molecule has 0 atom stereocenters. The SMILES string of the molecule is CNCc1cnn(Cc2nc(C(C)(C)C)cs2)c1. The summed E-state index contributed by atoms with van der Waals surface area (Å²) in [5.41, 5.74) is 2.48. The lowest BCUT2D eigenvalue weighted by Gasteiger charge is -2.14. The highest BCUT2D eigenvalue weighted by atomic mass is 32.1. The molecule has 0 aliphatic rings. The molecule has 0 aliphatic heterocycles. The van der Waals surface area contributed by atoms with Crippen LogP contribution in [0.15, 0.2) is 17.8 Å². The monoisotopic (exact) mass is 264 g/mol. The third kappa shape index (κ3) is 3.17. The average molecular weight is 264 g/mol. The molecule has 0 fully saturated rings. The van der Waals surface area contributed by atoms with Crippen molar-refractivity contribution in [1.29, 1.82) is 0 Å². The van der Waals surface area contributed by atoms with E-state index in [-0.39, 0.29) is 5.41 Å². The maximum absolute atomic E-state index is 4.67. The zero-order valence-corrected chi connectivity index (χ0v) is 12.2. The molecule has 0 saturated heterocycles. The van der Waals surface area contributed by atoms with Crippen molar-refractivity contribution in [2.24, 2.45) is 0 Å². The standard InChI is InChI=1S/C13H20N4S/c1-13(2,3)11-9-18-12(16-11)8-17-7-10(5-14-4)6-15-17/h6-7,9,14H,5,8H2,1-4H3. The molecule has 4 nitrogen and oxygen atoms in total. The van der Waals surface area contributed by atoms with E-state index in [2.05, 4.69) is 47.7 Å². The van der Waals surface area contributed by atoms with E-state index in [1.807, 2.05) is 17.9 Å². The minimum absolute atomic E-state index is 0.121. The van der Waals surface area contributed by atoms with Crippen molar-refractivity contribution < 1.29 is 0 Å². The summed E-state index contributed by atoms with van der Waals surface area (Å²) in [5.74, 6) is 0. The lowest BCUT2D eigenvalue weighted by molar-refractivity contribution is 0.568. The Morgan fingerprint density at radius 2 is 2.17 bits per heavy atom. The third-order valence-corrected chi connectivity index (χ3v) is 3.52. The molecule has 2 rings (SSSR count). The zero-order chi connectivity index (χ0) is 13.2. The van der Waals surface area contributed by atoms with Gasteiger partial charge < -0.3 is 5.32 Å². The van der Waals surface area contributed by atoms with Crippen LogP contribution in [0.4, 0.5) is 0 Å². The molecule has 5 heteroatoms. The summed E-state index contributed by atoms with van der Waals surface area (Å²) in [6.07, 6.45) is 3.96. The summed E-state index contributed by atoms with van der Waals surface area (Å²) >= 11 is 1.71. The Kier molecular flexibility index (Phi) is 3.82. The van der Waals surface area contributed by atoms with Crippen LogP contribution in [-0.2, 0) is 18.5 Å². The molecule has 0 spiro atoms. The van der Waals surface area contributed by atoms with Crippen LogP contribution < -0.4 is 5.32 Å². The van der Waals surface area contributed by atoms with Gasteiger partial charge in [0.25, 0.3) is 0 Å². The van der Waals surface area contributed by atoms with E-state index in [0.717, 1.165) is 23.8 Å². The fourth-order valence-electron chi connectivity index (χ4n) is 1.65. The van der Waals surface area contributed by atoms with Crippen molar-refractivity contribution in [2.45, 2.75) is 39.3 Å². The summed E-state index contributed by atoms with van der Waals surface area (Å²) in [6, 6.07) is 0. The van der Waals surface area contributed by atoms with Crippen molar-refractivity contribution >= 4 is 11.3 Å². The van der Waals surface area contributed by atoms with Crippen molar-refractivity contribution in [3.63, 3.8) is 0 Å². The topological polar surface area (TPSA) is 42.7 Å². The van der Waals surface area contributed by atoms with Crippen molar-refractivity contribution in [2.75, 3.05) is 7.05 Å². The van der Waals surface area contributed by atoms with Gasteiger partial charge in [0.15, 0.2) is 0 Å². The Morgan fingerprint density at radius 1 is 1.39 bits per heavy atom. The van der Waals surface area contributed by atoms with E-state index in [1.54, 1.807) is 11.3 Å². The molecule has 18 heavy (non-hydrogen) atoms. The molecule has 0 amide bonds. The summed E-state index contributed by atoms with van der Waals surface area (Å²) < 4.78 is 1.94. The first kappa shape index (κ1) is 13.2. The summed E-state index contributed by atoms with van der Waals surface area (Å²) in [7, 11) is 1.94. The second kappa shape index (κ2) is 5.20. The number of hydrogen-bond acceptors (Lipinski definition) is 4. The molecule has 2 heterocycles. The molecule has 0 unspecified atom stereocenters. The maximum atomic E-state index is 4.67. The van der Waals surface area contributed by atoms with Crippen LogP contribution in [0.1, 0.15) is 37.0 Å². The predicted molar refractivity (Wildman–Crippen MR) is 74.9 cm³/mol. The molecule has 0 aliphatic carbocycles. The molecular weight excluding hydrogens is 244 g/mol. The summed E-state index contributed by atoms with van der Waals surface area (Å²) in [4.78, 5) is 4.67. The van der Waals surface area contributed by atoms with E-state index in [1.165, 1.54) is 5.56 Å². The smallest absolute Gasteiger partial charge is 0.114 e. The number of thiazole rings is 1. The van der Waals surface area contributed by atoms with Crippen LogP contribution >= 0.6 is 11.3 Å². The van der Waals surface area contributed by atoms with Crippen molar-refractivity contribution in [3.05, 3.63) is 34.0 Å². The molecule has 2 aromatic rings. The van der Waals surface area contributed by atoms with E-state index in [9.17, 15) is 0 Å². The van der Waals surface area contributed by atoms with Gasteiger partial charge in [0, 0.05) is 29.1 Å². The lowest BCUT2D eigenvalue weighted by Crippen LogP contribution is -2.12. The molecule has 0 saturated carbocycles. The molecule has 1 N–H and O–H groups in total. The Balaban J connectivity index is 2.06. The number of nitrogens with one attached hydrogen (secondary N) is 1. The molecule has 0 bridgehead atoms. The van der Waals surface area contributed by atoms with Crippen molar-refractivity contribution in [3.8, 4) is 0 Å². The zero-order valence-electron chi connectivity index (χ0n) is 11.4. The molecule has 0 aromatic carbocycles. The van der Waals surface area contributed by atoms with Gasteiger partial charge in [-0.1, -0.05) is 20.8 Å². The highest BCUT2D eigenvalue weighted by molar-refractivity contribution is 7.09. The van der Waals surface area contributed by atoms with Crippen LogP contribution in [0, 0.1) is 0 Å². The number of aromatic nitrogens is 3. The highest BCUT2D eigenvalue weighted by Gasteiger charge is 2.17. The molecular formula is C13H20N4S. The number of nitrogens with zero attached hydrogens (tertiary/aromatic N) is 3. The normalized spacial score (nSPS) is 12.0. The van der Waals surface area contributed by atoms with E-state index < -0.39 is 0 Å². The second-order valence-electron chi connectivity index (χ2n) is 5.45. The number of rotatable bonds is 4. The Bertz CT molecular complexity index is 507. The van der Waals surface area contributed by atoms with Crippen molar-refractivity contribution in [1.82, 2.24) is 20.1 Å². The van der Waals surface area contributed by atoms with Gasteiger partial charge in [-0.15, -0.1) is 11.3 Å². The maximum Gasteiger partial charge on any atom is 0.114 e. The van der Waals surface area contributed by atoms with Crippen LogP contribution in [0.25, 0.3) is 0 Å². The minimum atomic E-state index is 0.121. The largest absolute Gasteiger partial charge is 0.316 e. The van der Waals surface area contributed by atoms with Gasteiger partial charge >= 0.3 is 0 Å². The van der Waals surface area contributed by atoms with Gasteiger partial charge in [0.1, 0.15) is 5.01 Å². The van der Waals surface area contributed by atoms with Crippen LogP contribution in [0.5, 0.6) is 0 Å². The first-order valence-electron chi connectivity index (χ1n) is 6.10. The second-order valence-corrected chi connectivity index (χ2v) is 6.40. The fraction of sp³-hybridized carbons (Fsp3) is 0.538. The van der Waals surface area contributed by atoms with Crippen LogP contribution in [-0.4, -0.2) is 21.8 Å². The Labute approximate surface area is 112 Å². The summed E-state index contributed by atoms with van der Waals surface area (Å²) in [6.45, 7) is 8.16. The van der Waals surface area contributed by atoms with E-state index in [4.69, 9.17) is 0 Å². The minimum Gasteiger partial charge on any atom is -0.316 e. The molecule has 2 aromatic heterocycles. The van der Waals surface area contributed by atoms with E-state index >= 15 is 0 Å². The van der Waals surface area contributed by atoms with Gasteiger partial charge in [-0.25, -0.2) is 4.98 Å².